The number of rotatable bonds is 6. The van der Waals surface area contributed by atoms with Gasteiger partial charge in [0.25, 0.3) is 5.91 Å². The van der Waals surface area contributed by atoms with Crippen LogP contribution in [-0.2, 0) is 6.42 Å². The van der Waals surface area contributed by atoms with Crippen LogP contribution in [0.2, 0.25) is 0 Å². The van der Waals surface area contributed by atoms with Crippen molar-refractivity contribution >= 4 is 17.2 Å². The summed E-state index contributed by atoms with van der Waals surface area (Å²) in [7, 11) is 0. The summed E-state index contributed by atoms with van der Waals surface area (Å²) in [5.74, 6) is 1.61. The number of hydrogen-bond acceptors (Lipinski definition) is 4. The van der Waals surface area contributed by atoms with Crippen molar-refractivity contribution in [2.45, 2.75) is 12.5 Å². The standard InChI is InChI=1S/C28H26N2O2S/c31-28(30-17-16-29-20-22(30)19-21-9-3-1-4-10-21)25-15-18-33-27(25)24-13-7-8-14-26(24)32-23-11-5-2-6-12-23/h1-15,18,22,29H,16-17,19-20H2/t22-/m1/s1. The van der Waals surface area contributed by atoms with E-state index in [-0.39, 0.29) is 11.9 Å². The van der Waals surface area contributed by atoms with Crippen molar-refractivity contribution in [3.8, 4) is 21.9 Å². The third kappa shape index (κ3) is 4.85. The quantitative estimate of drug-likeness (QED) is 0.397. The minimum atomic E-state index is 0.0863. The number of piperazine rings is 1. The van der Waals surface area contributed by atoms with Gasteiger partial charge in [0, 0.05) is 31.2 Å². The maximum absolute atomic E-state index is 13.8. The van der Waals surface area contributed by atoms with E-state index in [1.54, 1.807) is 11.3 Å². The summed E-state index contributed by atoms with van der Waals surface area (Å²) >= 11 is 1.58. The van der Waals surface area contributed by atoms with Crippen LogP contribution in [-0.4, -0.2) is 36.5 Å². The molecule has 1 saturated heterocycles. The number of carbonyl (C=O) groups is 1. The van der Waals surface area contributed by atoms with Gasteiger partial charge in [0.2, 0.25) is 0 Å². The van der Waals surface area contributed by atoms with Gasteiger partial charge < -0.3 is 15.0 Å². The number of amides is 1. The molecule has 3 aromatic carbocycles. The molecule has 0 saturated carbocycles. The molecule has 5 rings (SSSR count). The van der Waals surface area contributed by atoms with Gasteiger partial charge in [-0.1, -0.05) is 60.7 Å². The van der Waals surface area contributed by atoms with E-state index < -0.39 is 0 Å². The summed E-state index contributed by atoms with van der Waals surface area (Å²) in [5, 5.41) is 5.45. The first-order chi connectivity index (χ1) is 16.3. The number of nitrogens with one attached hydrogen (secondary N) is 1. The lowest BCUT2D eigenvalue weighted by molar-refractivity contribution is 0.0637. The van der Waals surface area contributed by atoms with Crippen LogP contribution >= 0.6 is 11.3 Å². The highest BCUT2D eigenvalue weighted by Gasteiger charge is 2.30. The van der Waals surface area contributed by atoms with E-state index in [0.29, 0.717) is 6.54 Å². The Morgan fingerprint density at radius 3 is 2.48 bits per heavy atom. The molecule has 166 valence electrons. The SMILES string of the molecule is O=C(c1ccsc1-c1ccccc1Oc1ccccc1)N1CCNC[C@H]1Cc1ccccc1. The number of benzene rings is 3. The molecule has 1 fully saturated rings. The van der Waals surface area contributed by atoms with Crippen LogP contribution in [0.4, 0.5) is 0 Å². The van der Waals surface area contributed by atoms with Gasteiger partial charge in [-0.2, -0.15) is 0 Å². The second-order valence-electron chi connectivity index (χ2n) is 8.12. The minimum absolute atomic E-state index is 0.0863. The molecule has 1 aliphatic rings. The molecule has 1 N–H and O–H groups in total. The Bertz CT molecular complexity index is 1210. The molecule has 1 aromatic heterocycles. The fraction of sp³-hybridized carbons (Fsp3) is 0.179. The predicted octanol–water partition coefficient (Wildman–Crippen LogP) is 5.86. The normalized spacial score (nSPS) is 15.9. The van der Waals surface area contributed by atoms with Crippen molar-refractivity contribution in [3.05, 3.63) is 108 Å². The Morgan fingerprint density at radius 1 is 0.939 bits per heavy atom. The lowest BCUT2D eigenvalue weighted by atomic mass is 10.0. The Hall–Kier alpha value is -3.41. The van der Waals surface area contributed by atoms with Crippen LogP contribution in [0.3, 0.4) is 0 Å². The smallest absolute Gasteiger partial charge is 0.255 e. The number of nitrogens with zero attached hydrogens (tertiary/aromatic N) is 1. The molecule has 2 heterocycles. The van der Waals surface area contributed by atoms with Crippen LogP contribution in [0, 0.1) is 0 Å². The molecular weight excluding hydrogens is 428 g/mol. The summed E-state index contributed by atoms with van der Waals surface area (Å²) < 4.78 is 6.19. The summed E-state index contributed by atoms with van der Waals surface area (Å²) in [4.78, 5) is 16.8. The van der Waals surface area contributed by atoms with Crippen LogP contribution in [0.5, 0.6) is 11.5 Å². The lowest BCUT2D eigenvalue weighted by Crippen LogP contribution is -2.54. The minimum Gasteiger partial charge on any atom is -0.457 e. The first-order valence-corrected chi connectivity index (χ1v) is 12.1. The van der Waals surface area contributed by atoms with Gasteiger partial charge in [-0.05, 0) is 47.7 Å². The molecular formula is C28H26N2O2S. The second-order valence-corrected chi connectivity index (χ2v) is 9.04. The average Bonchev–Trinajstić information content (AvgIpc) is 3.35. The van der Waals surface area contributed by atoms with Crippen molar-refractivity contribution < 1.29 is 9.53 Å². The monoisotopic (exact) mass is 454 g/mol. The predicted molar refractivity (Wildman–Crippen MR) is 134 cm³/mol. The van der Waals surface area contributed by atoms with E-state index >= 15 is 0 Å². The van der Waals surface area contributed by atoms with E-state index in [1.807, 2.05) is 77.0 Å². The molecule has 4 nitrogen and oxygen atoms in total. The number of para-hydroxylation sites is 2. The largest absolute Gasteiger partial charge is 0.457 e. The van der Waals surface area contributed by atoms with Crippen molar-refractivity contribution in [2.75, 3.05) is 19.6 Å². The number of carbonyl (C=O) groups excluding carboxylic acids is 1. The molecule has 4 aromatic rings. The maximum Gasteiger partial charge on any atom is 0.255 e. The summed E-state index contributed by atoms with van der Waals surface area (Å²) in [6.07, 6.45) is 0.840. The summed E-state index contributed by atoms with van der Waals surface area (Å²) in [6.45, 7) is 2.31. The van der Waals surface area contributed by atoms with Gasteiger partial charge in [0.15, 0.2) is 0 Å². The topological polar surface area (TPSA) is 41.6 Å². The van der Waals surface area contributed by atoms with Gasteiger partial charge in [0.05, 0.1) is 10.4 Å². The fourth-order valence-electron chi connectivity index (χ4n) is 4.30. The zero-order chi connectivity index (χ0) is 22.5. The van der Waals surface area contributed by atoms with Gasteiger partial charge >= 0.3 is 0 Å². The zero-order valence-electron chi connectivity index (χ0n) is 18.3. The molecule has 1 aliphatic heterocycles. The van der Waals surface area contributed by atoms with Crippen molar-refractivity contribution in [3.63, 3.8) is 0 Å². The molecule has 0 radical (unpaired) electrons. The first-order valence-electron chi connectivity index (χ1n) is 11.2. The van der Waals surface area contributed by atoms with Crippen molar-refractivity contribution in [1.82, 2.24) is 10.2 Å². The molecule has 0 bridgehead atoms. The van der Waals surface area contributed by atoms with Gasteiger partial charge in [-0.25, -0.2) is 0 Å². The Balaban J connectivity index is 1.43. The van der Waals surface area contributed by atoms with Crippen LogP contribution < -0.4 is 10.1 Å². The highest BCUT2D eigenvalue weighted by Crippen LogP contribution is 2.39. The van der Waals surface area contributed by atoms with Gasteiger partial charge in [-0.3, -0.25) is 4.79 Å². The summed E-state index contributed by atoms with van der Waals surface area (Å²) in [6, 6.07) is 30.1. The Kier molecular flexibility index (Phi) is 6.51. The molecule has 0 unspecified atom stereocenters. The maximum atomic E-state index is 13.8. The van der Waals surface area contributed by atoms with Crippen molar-refractivity contribution in [1.29, 1.82) is 0 Å². The van der Waals surface area contributed by atoms with Crippen LogP contribution in [0.25, 0.3) is 10.4 Å². The fourth-order valence-corrected chi connectivity index (χ4v) is 5.21. The number of ether oxygens (including phenoxy) is 1. The van der Waals surface area contributed by atoms with E-state index in [9.17, 15) is 4.79 Å². The first kappa shape index (κ1) is 21.4. The highest BCUT2D eigenvalue weighted by atomic mass is 32.1. The van der Waals surface area contributed by atoms with Crippen molar-refractivity contribution in [2.24, 2.45) is 0 Å². The molecule has 1 amide bonds. The third-order valence-electron chi connectivity index (χ3n) is 5.92. The number of thiophene rings is 1. The van der Waals surface area contributed by atoms with E-state index in [4.69, 9.17) is 4.74 Å². The van der Waals surface area contributed by atoms with E-state index in [1.165, 1.54) is 5.56 Å². The Labute approximate surface area is 198 Å². The average molecular weight is 455 g/mol. The van der Waals surface area contributed by atoms with Crippen LogP contribution in [0.1, 0.15) is 15.9 Å². The van der Waals surface area contributed by atoms with E-state index in [0.717, 1.165) is 47.0 Å². The van der Waals surface area contributed by atoms with Crippen LogP contribution in [0.15, 0.2) is 96.4 Å². The molecule has 33 heavy (non-hydrogen) atoms. The molecule has 0 aliphatic carbocycles. The second kappa shape index (κ2) is 10.0. The van der Waals surface area contributed by atoms with Gasteiger partial charge in [0.1, 0.15) is 11.5 Å². The lowest BCUT2D eigenvalue weighted by Gasteiger charge is -2.36. The highest BCUT2D eigenvalue weighted by molar-refractivity contribution is 7.14. The molecule has 5 heteroatoms. The zero-order valence-corrected chi connectivity index (χ0v) is 19.1. The molecule has 0 spiro atoms. The summed E-state index contributed by atoms with van der Waals surface area (Å²) in [5.41, 5.74) is 2.93. The number of hydrogen-bond donors (Lipinski definition) is 1. The van der Waals surface area contributed by atoms with Gasteiger partial charge in [-0.15, -0.1) is 11.3 Å². The molecule has 1 atom stereocenters. The third-order valence-corrected chi connectivity index (χ3v) is 6.87. The van der Waals surface area contributed by atoms with E-state index in [2.05, 4.69) is 29.6 Å². The Morgan fingerprint density at radius 2 is 1.67 bits per heavy atom.